The number of esters is 2. The van der Waals surface area contributed by atoms with Crippen LogP contribution in [-0.4, -0.2) is 92.3 Å². The summed E-state index contributed by atoms with van der Waals surface area (Å²) in [5.74, 6) is -3.96. The Morgan fingerprint density at radius 3 is 1.39 bits per heavy atom. The molecule has 18 nitrogen and oxygen atoms in total. The minimum absolute atomic E-state index is 0.0542. The van der Waals surface area contributed by atoms with Gasteiger partial charge in [0.25, 0.3) is 16.6 Å². The molecule has 0 spiro atoms. The summed E-state index contributed by atoms with van der Waals surface area (Å²) in [5, 5.41) is 46.6. The molecule has 0 aromatic heterocycles. The standard InChI is InChI=1S/C20H27NO.C16H15ClN2O5.C16H16N2O6.Cl2OS/c1-20(2,22)16-21(3)15-14-19(17-10-6-4-7-11-17)18-12-8-5-9-13-18;1-8-12(15(17)20)14(13(9(2)18-8)16(21)24-3)10-5-4-6-11(7-10)19(22)23;1-8-12(15(19)20)14(13(9(2)17-8)16(21)24-3)10-5-4-6-11(7-10)18(22)23;1-4(2)3/h4-13,19,22H,14-16H2,1-3H3;4-7,14,18H,1-3H3;4-7,14,17H,1-3H3,(H,19,20);. The van der Waals surface area contributed by atoms with Gasteiger partial charge in [0.05, 0.1) is 52.3 Å². The second-order valence-corrected chi connectivity index (χ2v) is 20.3. The fourth-order valence-corrected chi connectivity index (χ4v) is 8.83. The second-order valence-electron chi connectivity index (χ2n) is 17.4. The smallest absolute Gasteiger partial charge is 0.336 e. The Labute approximate surface area is 445 Å². The number of non-ortho nitro benzene ring substituents is 2. The van der Waals surface area contributed by atoms with E-state index in [9.17, 15) is 49.6 Å². The minimum atomic E-state index is -1.67. The average Bonchev–Trinajstić information content (AvgIpc) is 3.33. The third kappa shape index (κ3) is 17.7. The van der Waals surface area contributed by atoms with Crippen molar-refractivity contribution in [2.75, 3.05) is 34.4 Å². The summed E-state index contributed by atoms with van der Waals surface area (Å²) in [6, 6.07) is 32.7. The zero-order chi connectivity index (χ0) is 55.6. The summed E-state index contributed by atoms with van der Waals surface area (Å²) in [6.45, 7) is 11.9. The van der Waals surface area contributed by atoms with Gasteiger partial charge in [-0.05, 0) is 95.4 Å². The molecule has 2 aliphatic heterocycles. The highest BCUT2D eigenvalue weighted by atomic mass is 36.0. The molecule has 4 N–H and O–H groups in total. The number of aliphatic hydroxyl groups is 1. The minimum Gasteiger partial charge on any atom is -0.478 e. The number of dihydropyridines is 2. The molecular formula is C52H58Cl3N5O13S. The number of halogens is 3. The fourth-order valence-electron chi connectivity index (χ4n) is 8.58. The van der Waals surface area contributed by atoms with Crippen LogP contribution in [0, 0.1) is 20.2 Å². The van der Waals surface area contributed by atoms with Crippen molar-refractivity contribution in [2.45, 2.75) is 71.3 Å². The third-order valence-corrected chi connectivity index (χ3v) is 11.7. The number of carbonyl (C=O) groups is 4. The van der Waals surface area contributed by atoms with E-state index < -0.39 is 59.7 Å². The van der Waals surface area contributed by atoms with Gasteiger partial charge in [-0.3, -0.25) is 25.0 Å². The van der Waals surface area contributed by atoms with E-state index in [1.807, 2.05) is 13.8 Å². The summed E-state index contributed by atoms with van der Waals surface area (Å²) >= 11 is 5.71. The molecular weight excluding hydrogens is 1040 g/mol. The predicted octanol–water partition coefficient (Wildman–Crippen LogP) is 9.81. The number of rotatable bonds is 15. The molecule has 0 amide bonds. The Hall–Kier alpha value is -6.74. The van der Waals surface area contributed by atoms with E-state index >= 15 is 0 Å². The van der Waals surface area contributed by atoms with Crippen LogP contribution in [0.25, 0.3) is 0 Å². The highest BCUT2D eigenvalue weighted by Gasteiger charge is 2.39. The number of likely N-dealkylation sites (N-methyl/N-ethyl adjacent to an activating group) is 1. The van der Waals surface area contributed by atoms with Crippen molar-refractivity contribution in [1.82, 2.24) is 15.5 Å². The summed E-state index contributed by atoms with van der Waals surface area (Å²) in [7, 11) is 11.8. The number of hydrogen-bond donors (Lipinski definition) is 4. The van der Waals surface area contributed by atoms with Crippen LogP contribution >= 0.6 is 33.0 Å². The van der Waals surface area contributed by atoms with E-state index in [-0.39, 0.29) is 33.7 Å². The molecule has 0 bridgehead atoms. The number of allylic oxidation sites excluding steroid dienone is 5. The van der Waals surface area contributed by atoms with Gasteiger partial charge in [0.1, 0.15) is 0 Å². The number of aliphatic carboxylic acids is 1. The number of nitro groups is 2. The van der Waals surface area contributed by atoms with Crippen LogP contribution in [0.4, 0.5) is 11.4 Å². The largest absolute Gasteiger partial charge is 0.478 e. The molecule has 2 heterocycles. The maximum atomic E-state index is 12.2. The fraction of sp³-hybridized carbons (Fsp3) is 0.308. The summed E-state index contributed by atoms with van der Waals surface area (Å²) in [4.78, 5) is 71.2. The lowest BCUT2D eigenvalue weighted by Gasteiger charge is -2.29. The van der Waals surface area contributed by atoms with Crippen LogP contribution in [0.3, 0.4) is 0 Å². The van der Waals surface area contributed by atoms with Crippen LogP contribution in [0.15, 0.2) is 154 Å². The molecule has 396 valence electrons. The van der Waals surface area contributed by atoms with Crippen molar-refractivity contribution < 1.29 is 52.9 Å². The molecule has 2 aliphatic rings. The molecule has 2 unspecified atom stereocenters. The van der Waals surface area contributed by atoms with Crippen LogP contribution in [-0.2, 0) is 37.9 Å². The van der Waals surface area contributed by atoms with Gasteiger partial charge in [-0.1, -0.05) is 84.9 Å². The van der Waals surface area contributed by atoms with E-state index in [1.54, 1.807) is 39.8 Å². The van der Waals surface area contributed by atoms with Crippen molar-refractivity contribution in [3.05, 3.63) is 197 Å². The first-order valence-corrected chi connectivity index (χ1v) is 25.6. The first-order chi connectivity index (χ1) is 34.7. The number of ether oxygens (including phenoxy) is 2. The van der Waals surface area contributed by atoms with Gasteiger partial charge in [0, 0.05) is 92.4 Å². The molecule has 4 aromatic rings. The number of carbonyl (C=O) groups excluding carboxylic acids is 3. The van der Waals surface area contributed by atoms with Crippen LogP contribution in [0.1, 0.15) is 88.0 Å². The lowest BCUT2D eigenvalue weighted by molar-refractivity contribution is -0.385. The second kappa shape index (κ2) is 28.6. The highest BCUT2D eigenvalue weighted by Crippen LogP contribution is 2.41. The molecule has 2 atom stereocenters. The van der Waals surface area contributed by atoms with Crippen LogP contribution in [0.5, 0.6) is 0 Å². The zero-order valence-corrected chi connectivity index (χ0v) is 45.1. The van der Waals surface area contributed by atoms with Crippen molar-refractivity contribution in [3.63, 3.8) is 0 Å². The number of nitrogens with one attached hydrogen (secondary N) is 2. The molecule has 4 aromatic carbocycles. The summed E-state index contributed by atoms with van der Waals surface area (Å²) < 4.78 is 18.7. The first-order valence-electron chi connectivity index (χ1n) is 22.4. The van der Waals surface area contributed by atoms with Crippen molar-refractivity contribution in [1.29, 1.82) is 0 Å². The van der Waals surface area contributed by atoms with Crippen LogP contribution < -0.4 is 10.6 Å². The monoisotopic (exact) mass is 1100 g/mol. The summed E-state index contributed by atoms with van der Waals surface area (Å²) in [6.07, 6.45) is 1.04. The Balaban J connectivity index is 0.000000282. The Morgan fingerprint density at radius 2 is 1.05 bits per heavy atom. The van der Waals surface area contributed by atoms with E-state index in [0.717, 1.165) is 13.0 Å². The number of carboxylic acid groups (broad SMARTS) is 1. The number of nitrogens with zero attached hydrogens (tertiary/aromatic N) is 3. The topological polar surface area (TPSA) is 258 Å². The van der Waals surface area contributed by atoms with E-state index in [2.05, 4.69) is 105 Å². The molecule has 74 heavy (non-hydrogen) atoms. The number of benzene rings is 4. The lowest BCUT2D eigenvalue weighted by atomic mass is 9.80. The highest BCUT2D eigenvalue weighted by molar-refractivity contribution is 8.26. The Bertz CT molecular complexity index is 2680. The number of carboxylic acids is 1. The quantitative estimate of drug-likeness (QED) is 0.0374. The normalized spacial score (nSPS) is 15.4. The van der Waals surface area contributed by atoms with Gasteiger partial charge in [0.15, 0.2) is 0 Å². The van der Waals surface area contributed by atoms with E-state index in [1.165, 1.54) is 61.7 Å². The SMILES string of the molecule is CN(CCC(c1ccccc1)c1ccccc1)CC(C)(C)O.COC(=O)C1=C(C)NC(C)=C(C(=O)Cl)C1c1cccc([N+](=O)[O-])c1.COC(=O)C1=C(C)NC(C)=C(C(=O)O)C1c1cccc([N+](=O)[O-])c1.O=S(Cl)Cl. The zero-order valence-electron chi connectivity index (χ0n) is 42.0. The Kier molecular flexibility index (Phi) is 23.8. The van der Waals surface area contributed by atoms with Gasteiger partial charge in [-0.15, -0.1) is 0 Å². The number of methoxy groups -OCH3 is 2. The molecule has 0 saturated carbocycles. The molecule has 0 aliphatic carbocycles. The maximum Gasteiger partial charge on any atom is 0.336 e. The first kappa shape index (κ1) is 61.6. The molecule has 0 fully saturated rings. The van der Waals surface area contributed by atoms with Crippen molar-refractivity contribution in [2.24, 2.45) is 0 Å². The van der Waals surface area contributed by atoms with E-state index in [0.29, 0.717) is 46.4 Å². The Morgan fingerprint density at radius 1 is 0.689 bits per heavy atom. The van der Waals surface area contributed by atoms with Gasteiger partial charge in [-0.25, -0.2) is 18.6 Å². The molecule has 0 radical (unpaired) electrons. The maximum absolute atomic E-state index is 12.2. The third-order valence-electron chi connectivity index (χ3n) is 11.5. The van der Waals surface area contributed by atoms with Gasteiger partial charge < -0.3 is 35.2 Å². The lowest BCUT2D eigenvalue weighted by Crippen LogP contribution is -2.37. The molecule has 6 rings (SSSR count). The number of hydrogen-bond acceptors (Lipinski definition) is 15. The van der Waals surface area contributed by atoms with Gasteiger partial charge >= 0.3 is 17.9 Å². The number of nitro benzene ring substituents is 2. The van der Waals surface area contributed by atoms with Gasteiger partial charge in [0.2, 0.25) is 9.23 Å². The molecule has 22 heteroatoms. The van der Waals surface area contributed by atoms with Crippen molar-refractivity contribution >= 4 is 76.7 Å². The van der Waals surface area contributed by atoms with Gasteiger partial charge in [-0.2, -0.15) is 0 Å². The summed E-state index contributed by atoms with van der Waals surface area (Å²) in [5.41, 5.74) is 4.66. The van der Waals surface area contributed by atoms with E-state index in [4.69, 9.17) is 25.3 Å². The van der Waals surface area contributed by atoms with Crippen LogP contribution in [0.2, 0.25) is 0 Å². The molecule has 0 saturated heterocycles. The predicted molar refractivity (Wildman–Crippen MR) is 284 cm³/mol. The van der Waals surface area contributed by atoms with Crippen molar-refractivity contribution in [3.8, 4) is 0 Å². The average molecular weight is 1100 g/mol.